The van der Waals surface area contributed by atoms with Crippen LogP contribution in [0.3, 0.4) is 0 Å². The number of amides is 1. The Bertz CT molecular complexity index is 1230. The number of aryl methyl sites for hydroxylation is 1. The fourth-order valence-electron chi connectivity index (χ4n) is 4.16. The first kappa shape index (κ1) is 22.6. The van der Waals surface area contributed by atoms with Crippen LogP contribution in [0.1, 0.15) is 32.0 Å². The summed E-state index contributed by atoms with van der Waals surface area (Å²) in [7, 11) is 0. The van der Waals surface area contributed by atoms with Crippen molar-refractivity contribution in [2.75, 3.05) is 19.7 Å². The van der Waals surface area contributed by atoms with Crippen molar-refractivity contribution in [1.29, 1.82) is 0 Å². The second-order valence-electron chi connectivity index (χ2n) is 8.07. The van der Waals surface area contributed by atoms with Crippen molar-refractivity contribution < 1.29 is 18.7 Å². The summed E-state index contributed by atoms with van der Waals surface area (Å²) in [6.07, 6.45) is 3.00. The van der Waals surface area contributed by atoms with E-state index in [2.05, 4.69) is 10.1 Å². The van der Waals surface area contributed by atoms with Crippen LogP contribution >= 0.6 is 0 Å². The molecule has 0 radical (unpaired) electrons. The Labute approximate surface area is 189 Å². The molecule has 2 aromatic heterocycles. The Morgan fingerprint density at radius 3 is 2.73 bits per heavy atom. The van der Waals surface area contributed by atoms with Gasteiger partial charge in [0.1, 0.15) is 17.0 Å². The lowest BCUT2D eigenvalue weighted by atomic mass is 9.98. The van der Waals surface area contributed by atoms with Gasteiger partial charge in [-0.1, -0.05) is 0 Å². The minimum absolute atomic E-state index is 0.114. The van der Waals surface area contributed by atoms with Crippen LogP contribution in [0.5, 0.6) is 0 Å². The Balaban J connectivity index is 1.50. The average molecular weight is 455 g/mol. The molecule has 1 saturated heterocycles. The molecule has 1 aliphatic heterocycles. The zero-order valence-corrected chi connectivity index (χ0v) is 18.7. The molecule has 1 amide bonds. The van der Waals surface area contributed by atoms with Gasteiger partial charge in [0.15, 0.2) is 5.65 Å². The van der Waals surface area contributed by atoms with Gasteiger partial charge in [-0.25, -0.2) is 14.1 Å². The molecule has 4 rings (SSSR count). The van der Waals surface area contributed by atoms with Gasteiger partial charge in [-0.2, -0.15) is 5.10 Å². The second kappa shape index (κ2) is 9.51. The van der Waals surface area contributed by atoms with E-state index in [1.807, 2.05) is 0 Å². The molecule has 1 aliphatic rings. The maximum absolute atomic E-state index is 13.3. The first-order valence-corrected chi connectivity index (χ1v) is 11.0. The first-order valence-electron chi connectivity index (χ1n) is 11.0. The van der Waals surface area contributed by atoms with Crippen molar-refractivity contribution in [3.63, 3.8) is 0 Å². The molecule has 0 spiro atoms. The minimum Gasteiger partial charge on any atom is -0.466 e. The predicted molar refractivity (Wildman–Crippen MR) is 118 cm³/mol. The van der Waals surface area contributed by atoms with Crippen LogP contribution in [0.4, 0.5) is 4.39 Å². The highest BCUT2D eigenvalue weighted by Crippen LogP contribution is 2.19. The molecule has 1 aromatic carbocycles. The largest absolute Gasteiger partial charge is 0.466 e. The van der Waals surface area contributed by atoms with Crippen molar-refractivity contribution in [2.24, 2.45) is 5.92 Å². The van der Waals surface area contributed by atoms with Crippen LogP contribution in [0.2, 0.25) is 0 Å². The SMILES string of the molecule is CCOC(=O)C1CCCN(C(=O)CCn2c(C)nc3c(cnn3-c3ccc(F)cc3)c2=O)C1. The number of piperidine rings is 1. The Kier molecular flexibility index (Phi) is 6.52. The van der Waals surface area contributed by atoms with Gasteiger partial charge in [0.05, 0.1) is 24.4 Å². The van der Waals surface area contributed by atoms with E-state index >= 15 is 0 Å². The summed E-state index contributed by atoms with van der Waals surface area (Å²) in [4.78, 5) is 44.1. The molecular weight excluding hydrogens is 429 g/mol. The third-order valence-corrected chi connectivity index (χ3v) is 5.89. The molecule has 174 valence electrons. The fourth-order valence-corrected chi connectivity index (χ4v) is 4.16. The molecule has 1 unspecified atom stereocenters. The zero-order valence-electron chi connectivity index (χ0n) is 18.7. The highest BCUT2D eigenvalue weighted by atomic mass is 19.1. The number of benzene rings is 1. The molecule has 1 fully saturated rings. The topological polar surface area (TPSA) is 99.3 Å². The van der Waals surface area contributed by atoms with Gasteiger partial charge >= 0.3 is 5.97 Å². The Morgan fingerprint density at radius 1 is 1.24 bits per heavy atom. The molecule has 0 aliphatic carbocycles. The number of ether oxygens (including phenoxy) is 1. The highest BCUT2D eigenvalue weighted by molar-refractivity contribution is 5.79. The third-order valence-electron chi connectivity index (χ3n) is 5.89. The van der Waals surface area contributed by atoms with Gasteiger partial charge in [-0.3, -0.25) is 19.0 Å². The number of hydrogen-bond donors (Lipinski definition) is 0. The smallest absolute Gasteiger partial charge is 0.310 e. The van der Waals surface area contributed by atoms with Gasteiger partial charge in [0.2, 0.25) is 5.91 Å². The number of halogens is 1. The van der Waals surface area contributed by atoms with E-state index < -0.39 is 0 Å². The number of rotatable bonds is 6. The van der Waals surface area contributed by atoms with Crippen LogP contribution in [0, 0.1) is 18.7 Å². The highest BCUT2D eigenvalue weighted by Gasteiger charge is 2.29. The number of nitrogens with zero attached hydrogens (tertiary/aromatic N) is 5. The van der Waals surface area contributed by atoms with E-state index in [-0.39, 0.29) is 42.1 Å². The monoisotopic (exact) mass is 455 g/mol. The van der Waals surface area contributed by atoms with Gasteiger partial charge in [-0.05, 0) is 51.0 Å². The van der Waals surface area contributed by atoms with Crippen molar-refractivity contribution in [3.8, 4) is 5.69 Å². The second-order valence-corrected chi connectivity index (χ2v) is 8.07. The third kappa shape index (κ3) is 4.64. The van der Waals surface area contributed by atoms with E-state index in [0.29, 0.717) is 48.7 Å². The lowest BCUT2D eigenvalue weighted by Gasteiger charge is -2.31. The van der Waals surface area contributed by atoms with Crippen molar-refractivity contribution in [2.45, 2.75) is 39.7 Å². The predicted octanol–water partition coefficient (Wildman–Crippen LogP) is 2.22. The van der Waals surface area contributed by atoms with E-state index in [1.165, 1.54) is 27.6 Å². The van der Waals surface area contributed by atoms with Crippen LogP contribution in [0.15, 0.2) is 35.3 Å². The van der Waals surface area contributed by atoms with Gasteiger partial charge in [0.25, 0.3) is 5.56 Å². The molecule has 0 N–H and O–H groups in total. The molecule has 33 heavy (non-hydrogen) atoms. The van der Waals surface area contributed by atoms with E-state index in [0.717, 1.165) is 6.42 Å². The Morgan fingerprint density at radius 2 is 2.00 bits per heavy atom. The number of likely N-dealkylation sites (tertiary alicyclic amines) is 1. The molecule has 3 aromatic rings. The first-order chi connectivity index (χ1) is 15.9. The van der Waals surface area contributed by atoms with E-state index in [1.54, 1.807) is 30.9 Å². The summed E-state index contributed by atoms with van der Waals surface area (Å²) in [5, 5.41) is 4.56. The van der Waals surface area contributed by atoms with Crippen molar-refractivity contribution in [1.82, 2.24) is 24.2 Å². The van der Waals surface area contributed by atoms with Crippen LogP contribution in [-0.4, -0.2) is 55.8 Å². The van der Waals surface area contributed by atoms with Gasteiger partial charge in [-0.15, -0.1) is 0 Å². The van der Waals surface area contributed by atoms with E-state index in [9.17, 15) is 18.8 Å². The number of aromatic nitrogens is 4. The molecule has 0 bridgehead atoms. The van der Waals surface area contributed by atoms with Crippen LogP contribution in [-0.2, 0) is 20.9 Å². The molecule has 9 nitrogen and oxygen atoms in total. The van der Waals surface area contributed by atoms with Crippen molar-refractivity contribution >= 4 is 22.9 Å². The van der Waals surface area contributed by atoms with E-state index in [4.69, 9.17) is 4.74 Å². The quantitative estimate of drug-likeness (QED) is 0.529. The zero-order chi connectivity index (χ0) is 23.5. The summed E-state index contributed by atoms with van der Waals surface area (Å²) < 4.78 is 21.3. The number of carbonyl (C=O) groups is 2. The number of esters is 1. The minimum atomic E-state index is -0.367. The summed E-state index contributed by atoms with van der Waals surface area (Å²) in [6, 6.07) is 5.75. The lowest BCUT2D eigenvalue weighted by Crippen LogP contribution is -2.43. The summed E-state index contributed by atoms with van der Waals surface area (Å²) >= 11 is 0. The normalized spacial score (nSPS) is 16.2. The van der Waals surface area contributed by atoms with Gasteiger partial charge in [0, 0.05) is 26.1 Å². The number of hydrogen-bond acceptors (Lipinski definition) is 6. The fraction of sp³-hybridized carbons (Fsp3) is 0.435. The van der Waals surface area contributed by atoms with Crippen molar-refractivity contribution in [3.05, 3.63) is 52.5 Å². The maximum Gasteiger partial charge on any atom is 0.310 e. The molecular formula is C23H26FN5O4. The van der Waals surface area contributed by atoms with Gasteiger partial charge < -0.3 is 9.64 Å². The molecule has 1 atom stereocenters. The molecule has 0 saturated carbocycles. The van der Waals surface area contributed by atoms with Crippen LogP contribution < -0.4 is 5.56 Å². The number of fused-ring (bicyclic) bond motifs is 1. The summed E-state index contributed by atoms with van der Waals surface area (Å²) in [5.41, 5.74) is 0.675. The summed E-state index contributed by atoms with van der Waals surface area (Å²) in [6.45, 7) is 4.88. The average Bonchev–Trinajstić information content (AvgIpc) is 3.23. The Hall–Kier alpha value is -3.56. The lowest BCUT2D eigenvalue weighted by molar-refractivity contribution is -0.151. The maximum atomic E-state index is 13.3. The molecule has 10 heteroatoms. The summed E-state index contributed by atoms with van der Waals surface area (Å²) in [5.74, 6) is -0.601. The van der Waals surface area contributed by atoms with Crippen LogP contribution in [0.25, 0.3) is 16.7 Å². The number of carbonyl (C=O) groups excluding carboxylic acids is 2. The standard InChI is InChI=1S/C23H26FN5O4/c1-3-33-23(32)16-5-4-11-27(14-16)20(30)10-12-28-15(2)26-21-19(22(28)31)13-25-29(21)18-8-6-17(24)7-9-18/h6-9,13,16H,3-5,10-12,14H2,1-2H3. The molecule has 3 heterocycles.